The van der Waals surface area contributed by atoms with Crippen LogP contribution in [-0.2, 0) is 23.3 Å². The molecule has 0 spiro atoms. The lowest BCUT2D eigenvalue weighted by Gasteiger charge is -2.49. The summed E-state index contributed by atoms with van der Waals surface area (Å²) in [4.78, 5) is 0. The Morgan fingerprint density at radius 3 is 2.65 bits per heavy atom. The third kappa shape index (κ3) is 4.56. The summed E-state index contributed by atoms with van der Waals surface area (Å²) in [6.07, 6.45) is 0.819. The van der Waals surface area contributed by atoms with Crippen molar-refractivity contribution in [3.63, 3.8) is 0 Å². The molecule has 1 unspecified atom stereocenters. The van der Waals surface area contributed by atoms with Gasteiger partial charge in [-0.2, -0.15) is 0 Å². The zero-order chi connectivity index (χ0) is 17.0. The molecule has 0 aromatic carbocycles. The number of hydrogen-bond acceptors (Lipinski definition) is 6. The van der Waals surface area contributed by atoms with Crippen LogP contribution < -0.4 is 0 Å². The second kappa shape index (κ2) is 8.94. The normalized spacial score (nSPS) is 42.5. The van der Waals surface area contributed by atoms with E-state index in [0.717, 1.165) is 0 Å². The number of ether oxygens (including phenoxy) is 3. The molecule has 6 nitrogen and oxygen atoms in total. The molecule has 2 aliphatic heterocycles. The monoisotopic (exact) mass is 364 g/mol. The van der Waals surface area contributed by atoms with Crippen LogP contribution in [0.15, 0.2) is 0 Å². The zero-order valence-corrected chi connectivity index (χ0v) is 15.6. The van der Waals surface area contributed by atoms with Crippen molar-refractivity contribution in [1.82, 2.24) is 0 Å². The number of rotatable bonds is 7. The summed E-state index contributed by atoms with van der Waals surface area (Å²) in [6, 6.07) is 0. The average Bonchev–Trinajstić information content (AvgIpc) is 2.56. The lowest BCUT2D eigenvalue weighted by atomic mass is 9.82. The molecular weight excluding hydrogens is 338 g/mol. The van der Waals surface area contributed by atoms with Crippen molar-refractivity contribution in [1.29, 1.82) is 0 Å². The molecule has 23 heavy (non-hydrogen) atoms. The maximum absolute atomic E-state index is 11.5. The van der Waals surface area contributed by atoms with Crippen LogP contribution in [0.3, 0.4) is 0 Å². The molecule has 2 aliphatic rings. The van der Waals surface area contributed by atoms with Gasteiger partial charge in [-0.3, -0.25) is 9.13 Å². The van der Waals surface area contributed by atoms with Gasteiger partial charge < -0.3 is 19.3 Å². The predicted molar refractivity (Wildman–Crippen MR) is 86.7 cm³/mol. The minimum absolute atomic E-state index is 0.000139. The minimum atomic E-state index is -0.617. The highest BCUT2D eigenvalue weighted by molar-refractivity contribution is 7.25. The van der Waals surface area contributed by atoms with Gasteiger partial charge in [-0.05, 0) is 19.8 Å². The molecule has 2 fully saturated rings. The Balaban J connectivity index is 2.07. The molecule has 0 bridgehead atoms. The first kappa shape index (κ1) is 19.4. The van der Waals surface area contributed by atoms with E-state index >= 15 is 0 Å². The second-order valence-corrected chi connectivity index (χ2v) is 8.11. The maximum Gasteiger partial charge on any atom is 0.161 e. The molecule has 0 saturated carbocycles. The van der Waals surface area contributed by atoms with Crippen LogP contribution in [-0.4, -0.2) is 60.7 Å². The van der Waals surface area contributed by atoms with Gasteiger partial charge in [-0.1, -0.05) is 6.92 Å². The van der Waals surface area contributed by atoms with E-state index in [1.54, 1.807) is 7.11 Å². The van der Waals surface area contributed by atoms with E-state index in [1.807, 2.05) is 13.8 Å². The van der Waals surface area contributed by atoms with Gasteiger partial charge in [-0.15, -0.1) is 0 Å². The molecule has 132 valence electrons. The van der Waals surface area contributed by atoms with Gasteiger partial charge in [0.2, 0.25) is 0 Å². The quantitative estimate of drug-likeness (QED) is 0.700. The Kier molecular flexibility index (Phi) is 7.53. The molecule has 0 amide bonds. The van der Waals surface area contributed by atoms with Crippen LogP contribution in [0.5, 0.6) is 0 Å². The van der Waals surface area contributed by atoms with E-state index in [4.69, 9.17) is 14.2 Å². The number of methoxy groups -OCH3 is 1. The topological polar surface area (TPSA) is 82.1 Å². The summed E-state index contributed by atoms with van der Waals surface area (Å²) in [5.74, 6) is -0.0700. The summed E-state index contributed by atoms with van der Waals surface area (Å²) in [5.41, 5.74) is -0.152. The van der Waals surface area contributed by atoms with E-state index < -0.39 is 6.10 Å². The van der Waals surface area contributed by atoms with Crippen molar-refractivity contribution >= 4 is 16.9 Å². The van der Waals surface area contributed by atoms with Crippen LogP contribution in [0.4, 0.5) is 0 Å². The minimum Gasteiger partial charge on any atom is -0.390 e. The van der Waals surface area contributed by atoms with Crippen molar-refractivity contribution in [3.8, 4) is 0 Å². The summed E-state index contributed by atoms with van der Waals surface area (Å²) in [5, 5.41) is 10.5. The zero-order valence-electron chi connectivity index (χ0n) is 13.8. The molecule has 2 heterocycles. The number of hydrogen-bond donors (Lipinski definition) is 1. The summed E-state index contributed by atoms with van der Waals surface area (Å²) >= 11 is 0. The summed E-state index contributed by atoms with van der Waals surface area (Å²) < 4.78 is 39.6. The van der Waals surface area contributed by atoms with Crippen LogP contribution in [0.25, 0.3) is 0 Å². The fraction of sp³-hybridized carbons (Fsp3) is 1.00. The molecule has 0 aliphatic carbocycles. The smallest absolute Gasteiger partial charge is 0.161 e. The summed E-state index contributed by atoms with van der Waals surface area (Å²) in [6.45, 7) is 3.91. The molecule has 0 aromatic rings. The Hall–Kier alpha value is 0.0400. The van der Waals surface area contributed by atoms with Crippen LogP contribution in [0.2, 0.25) is 0 Å². The van der Waals surface area contributed by atoms with Gasteiger partial charge in [0.1, 0.15) is 0 Å². The Labute approximate surface area is 140 Å². The SMILES string of the molecule is COC(C)C[C@@H]1O[C@H]2C[C@@H](P=O)[C@@H](CCP=O)O[C@H]2[C@H](C)[C@H]1O. The highest BCUT2D eigenvalue weighted by Crippen LogP contribution is 2.40. The third-order valence-electron chi connectivity index (χ3n) is 5.00. The van der Waals surface area contributed by atoms with E-state index in [-0.39, 0.29) is 59.0 Å². The van der Waals surface area contributed by atoms with Gasteiger partial charge in [0, 0.05) is 25.6 Å². The Morgan fingerprint density at radius 1 is 1.30 bits per heavy atom. The van der Waals surface area contributed by atoms with Crippen molar-refractivity contribution < 1.29 is 28.4 Å². The first-order chi connectivity index (χ1) is 11.0. The summed E-state index contributed by atoms with van der Waals surface area (Å²) in [7, 11) is 1.75. The fourth-order valence-corrected chi connectivity index (χ4v) is 4.52. The lowest BCUT2D eigenvalue weighted by Crippen LogP contribution is -2.59. The molecule has 2 saturated heterocycles. The second-order valence-electron chi connectivity index (χ2n) is 6.53. The molecule has 2 rings (SSSR count). The van der Waals surface area contributed by atoms with Gasteiger partial charge in [0.25, 0.3) is 0 Å². The number of aliphatic hydroxyl groups is 1. The fourth-order valence-electron chi connectivity index (χ4n) is 3.51. The lowest BCUT2D eigenvalue weighted by molar-refractivity contribution is -0.246. The first-order valence-corrected chi connectivity index (χ1v) is 10.0. The molecule has 8 atom stereocenters. The van der Waals surface area contributed by atoms with E-state index in [2.05, 4.69) is 0 Å². The van der Waals surface area contributed by atoms with Crippen LogP contribution in [0.1, 0.15) is 33.1 Å². The van der Waals surface area contributed by atoms with Gasteiger partial charge in [-0.25, -0.2) is 0 Å². The molecule has 1 N–H and O–H groups in total. The first-order valence-electron chi connectivity index (χ1n) is 8.15. The van der Waals surface area contributed by atoms with Crippen molar-refractivity contribution in [2.24, 2.45) is 5.92 Å². The molecule has 0 radical (unpaired) electrons. The van der Waals surface area contributed by atoms with E-state index in [9.17, 15) is 14.2 Å². The number of aliphatic hydroxyl groups excluding tert-OH is 1. The molecular formula is C15H26O6P2. The largest absolute Gasteiger partial charge is 0.390 e. The van der Waals surface area contributed by atoms with Gasteiger partial charge >= 0.3 is 0 Å². The van der Waals surface area contributed by atoms with E-state index in [0.29, 0.717) is 25.4 Å². The van der Waals surface area contributed by atoms with Crippen molar-refractivity contribution in [2.45, 2.75) is 75.4 Å². The van der Waals surface area contributed by atoms with Crippen LogP contribution in [0, 0.1) is 5.92 Å². The maximum atomic E-state index is 11.5. The molecule has 0 aromatic heterocycles. The van der Waals surface area contributed by atoms with E-state index in [1.165, 1.54) is 0 Å². The average molecular weight is 364 g/mol. The van der Waals surface area contributed by atoms with Crippen molar-refractivity contribution in [3.05, 3.63) is 0 Å². The highest BCUT2D eigenvalue weighted by atomic mass is 31.1. The molecule has 8 heteroatoms. The predicted octanol–water partition coefficient (Wildman–Crippen LogP) is 2.68. The standard InChI is InChI=1S/C15H26O6P2/c1-8(19-3)6-11-14(16)9(2)15-12(20-11)7-13(23-18)10(21-15)4-5-22-17/h8-16H,4-7H2,1-3H3/t8?,9-,10-,11+,12+,13-,14-,15+/m1/s1. The third-order valence-corrected chi connectivity index (χ3v) is 6.25. The van der Waals surface area contributed by atoms with Gasteiger partial charge in [0.15, 0.2) is 16.9 Å². The number of fused-ring (bicyclic) bond motifs is 1. The Bertz CT molecular complexity index is 409. The highest BCUT2D eigenvalue weighted by Gasteiger charge is 2.49. The Morgan fingerprint density at radius 2 is 2.04 bits per heavy atom. The van der Waals surface area contributed by atoms with Crippen molar-refractivity contribution in [2.75, 3.05) is 13.3 Å². The van der Waals surface area contributed by atoms with Gasteiger partial charge in [0.05, 0.1) is 42.3 Å². The van der Waals surface area contributed by atoms with Crippen LogP contribution >= 0.6 is 16.9 Å².